The van der Waals surface area contributed by atoms with Crippen LogP contribution in [0, 0.1) is 32.6 Å². The number of fused-ring (bicyclic) bond motifs is 3. The molecule has 35 heavy (non-hydrogen) atoms. The highest BCUT2D eigenvalue weighted by Crippen LogP contribution is 2.39. The quantitative estimate of drug-likeness (QED) is 0.332. The molecule has 6 nitrogen and oxygen atoms in total. The molecule has 0 N–H and O–H groups in total. The molecule has 0 fully saturated rings. The topological polar surface area (TPSA) is 69.4 Å². The number of rotatable bonds is 4. The molecule has 0 saturated heterocycles. The van der Waals surface area contributed by atoms with Gasteiger partial charge in [0.1, 0.15) is 22.5 Å². The van der Waals surface area contributed by atoms with Gasteiger partial charge >= 0.3 is 5.97 Å². The molecular weight excluding hydrogens is 456 g/mol. The summed E-state index contributed by atoms with van der Waals surface area (Å²) in [5.41, 5.74) is 4.49. The van der Waals surface area contributed by atoms with Crippen LogP contribution in [0.1, 0.15) is 91.8 Å². The van der Waals surface area contributed by atoms with Gasteiger partial charge in [0.15, 0.2) is 5.82 Å². The van der Waals surface area contributed by atoms with Gasteiger partial charge in [-0.1, -0.05) is 30.9 Å². The number of ether oxygens (including phenoxy) is 1. The molecule has 2 aromatic heterocycles. The average molecular weight is 489 g/mol. The zero-order chi connectivity index (χ0) is 25.3. The number of carbonyl (C=O) groups excluding carboxylic acids is 1. The number of hydrogen-bond acceptors (Lipinski definition) is 6. The molecule has 1 aliphatic rings. The summed E-state index contributed by atoms with van der Waals surface area (Å²) in [7, 11) is 0. The summed E-state index contributed by atoms with van der Waals surface area (Å²) in [6.07, 6.45) is 2.02. The third-order valence-corrected chi connectivity index (χ3v) is 6.98. The van der Waals surface area contributed by atoms with E-state index in [1.165, 1.54) is 10.4 Å². The monoisotopic (exact) mass is 488 g/mol. The molecule has 0 unspecified atom stereocenters. The van der Waals surface area contributed by atoms with Crippen LogP contribution < -0.4 is 0 Å². The molecule has 0 saturated carbocycles. The van der Waals surface area contributed by atoms with Crippen LogP contribution in [0.15, 0.2) is 29.3 Å². The normalized spacial score (nSPS) is 14.8. The minimum absolute atomic E-state index is 0.0897. The van der Waals surface area contributed by atoms with Crippen molar-refractivity contribution in [3.05, 3.63) is 63.0 Å². The maximum Gasteiger partial charge on any atom is 0.308 e. The number of hydrogen-bond donors (Lipinski definition) is 0. The van der Waals surface area contributed by atoms with Crippen molar-refractivity contribution in [3.8, 4) is 16.8 Å². The summed E-state index contributed by atoms with van der Waals surface area (Å²) in [6, 6.07) is 7.69. The molecular formula is C28H32N4O2S. The Morgan fingerprint density at radius 2 is 1.86 bits per heavy atom. The summed E-state index contributed by atoms with van der Waals surface area (Å²) in [6.45, 7) is 13.9. The van der Waals surface area contributed by atoms with Gasteiger partial charge in [-0.3, -0.25) is 14.4 Å². The van der Waals surface area contributed by atoms with Crippen LogP contribution in [0.3, 0.4) is 0 Å². The van der Waals surface area contributed by atoms with E-state index < -0.39 is 11.6 Å². The fourth-order valence-electron chi connectivity index (χ4n) is 4.07. The Kier molecular flexibility index (Phi) is 6.95. The van der Waals surface area contributed by atoms with E-state index in [2.05, 4.69) is 59.5 Å². The number of aromatic nitrogens is 3. The SMILES string of the molecule is CCCC#Cc1ccc(C2=N[C@@H](CC(=O)OC(C)(C)C)c3nnc(C)n3-c3sc(C)c(C)c32)cc1. The second kappa shape index (κ2) is 9.79. The van der Waals surface area contributed by atoms with Crippen molar-refractivity contribution in [2.24, 2.45) is 4.99 Å². The van der Waals surface area contributed by atoms with Crippen LogP contribution in [0.2, 0.25) is 0 Å². The number of carbonyl (C=O) groups is 1. The molecule has 7 heteroatoms. The van der Waals surface area contributed by atoms with Crippen molar-refractivity contribution in [1.82, 2.24) is 14.8 Å². The number of thiophene rings is 1. The predicted molar refractivity (Wildman–Crippen MR) is 141 cm³/mol. The van der Waals surface area contributed by atoms with Crippen molar-refractivity contribution in [1.29, 1.82) is 0 Å². The van der Waals surface area contributed by atoms with Crippen LogP contribution in [0.4, 0.5) is 0 Å². The minimum Gasteiger partial charge on any atom is -0.460 e. The van der Waals surface area contributed by atoms with Gasteiger partial charge in [-0.25, -0.2) is 0 Å². The first kappa shape index (κ1) is 24.9. The Bertz CT molecular complexity index is 1340. The van der Waals surface area contributed by atoms with Gasteiger partial charge in [-0.05, 0) is 65.7 Å². The van der Waals surface area contributed by atoms with Crippen LogP contribution in [0.5, 0.6) is 0 Å². The van der Waals surface area contributed by atoms with E-state index in [1.807, 2.05) is 39.8 Å². The summed E-state index contributed by atoms with van der Waals surface area (Å²) in [5.74, 6) is 7.55. The zero-order valence-corrected chi connectivity index (χ0v) is 22.3. The smallest absolute Gasteiger partial charge is 0.308 e. The molecule has 1 aromatic carbocycles. The van der Waals surface area contributed by atoms with Gasteiger partial charge in [-0.15, -0.1) is 21.5 Å². The lowest BCUT2D eigenvalue weighted by molar-refractivity contribution is -0.155. The van der Waals surface area contributed by atoms with Gasteiger partial charge < -0.3 is 4.74 Å². The molecule has 182 valence electrons. The Balaban J connectivity index is 1.84. The molecule has 0 spiro atoms. The van der Waals surface area contributed by atoms with E-state index in [-0.39, 0.29) is 12.4 Å². The summed E-state index contributed by atoms with van der Waals surface area (Å²) in [5, 5.41) is 9.83. The van der Waals surface area contributed by atoms with Crippen molar-refractivity contribution in [3.63, 3.8) is 0 Å². The second-order valence-corrected chi connectivity index (χ2v) is 11.0. The van der Waals surface area contributed by atoms with Gasteiger partial charge in [0, 0.05) is 28.0 Å². The molecule has 0 aliphatic carbocycles. The number of aliphatic imine (C=N–C) groups is 1. The van der Waals surface area contributed by atoms with Gasteiger partial charge in [0.05, 0.1) is 12.1 Å². The lowest BCUT2D eigenvalue weighted by Gasteiger charge is -2.21. The Morgan fingerprint density at radius 1 is 1.14 bits per heavy atom. The molecule has 0 bridgehead atoms. The minimum atomic E-state index is -0.571. The first-order valence-corrected chi connectivity index (χ1v) is 12.8. The fourth-order valence-corrected chi connectivity index (χ4v) is 5.28. The van der Waals surface area contributed by atoms with Crippen LogP contribution in [-0.2, 0) is 9.53 Å². The van der Waals surface area contributed by atoms with Crippen molar-refractivity contribution < 1.29 is 9.53 Å². The van der Waals surface area contributed by atoms with Crippen molar-refractivity contribution >= 4 is 23.0 Å². The molecule has 1 atom stereocenters. The number of benzene rings is 1. The van der Waals surface area contributed by atoms with E-state index in [0.717, 1.165) is 46.1 Å². The Labute approximate surface area is 211 Å². The fraction of sp³-hybridized carbons (Fsp3) is 0.429. The van der Waals surface area contributed by atoms with Crippen LogP contribution in [0.25, 0.3) is 5.00 Å². The number of unbranched alkanes of at least 4 members (excludes halogenated alkanes) is 1. The maximum absolute atomic E-state index is 12.8. The number of esters is 1. The van der Waals surface area contributed by atoms with Gasteiger partial charge in [0.2, 0.25) is 0 Å². The third kappa shape index (κ3) is 5.23. The summed E-state index contributed by atoms with van der Waals surface area (Å²) in [4.78, 5) is 19.2. The molecule has 0 amide bonds. The summed E-state index contributed by atoms with van der Waals surface area (Å²) < 4.78 is 7.68. The molecule has 3 heterocycles. The van der Waals surface area contributed by atoms with E-state index in [1.54, 1.807) is 11.3 Å². The lowest BCUT2D eigenvalue weighted by Crippen LogP contribution is -2.25. The predicted octanol–water partition coefficient (Wildman–Crippen LogP) is 6.03. The van der Waals surface area contributed by atoms with Gasteiger partial charge in [-0.2, -0.15) is 0 Å². The van der Waals surface area contributed by atoms with Crippen LogP contribution >= 0.6 is 11.3 Å². The number of aryl methyl sites for hydroxylation is 2. The van der Waals surface area contributed by atoms with Crippen molar-refractivity contribution in [2.75, 3.05) is 0 Å². The largest absolute Gasteiger partial charge is 0.460 e. The highest BCUT2D eigenvalue weighted by atomic mass is 32.1. The van der Waals surface area contributed by atoms with E-state index in [9.17, 15) is 4.79 Å². The first-order valence-electron chi connectivity index (χ1n) is 12.0. The Hall–Kier alpha value is -3.24. The van der Waals surface area contributed by atoms with Gasteiger partial charge in [0.25, 0.3) is 0 Å². The lowest BCUT2D eigenvalue weighted by atomic mass is 9.98. The average Bonchev–Trinajstić information content (AvgIpc) is 3.25. The van der Waals surface area contributed by atoms with E-state index >= 15 is 0 Å². The summed E-state index contributed by atoms with van der Waals surface area (Å²) >= 11 is 1.70. The highest BCUT2D eigenvalue weighted by Gasteiger charge is 2.33. The number of nitrogens with zero attached hydrogens (tertiary/aromatic N) is 4. The van der Waals surface area contributed by atoms with Crippen LogP contribution in [-0.4, -0.2) is 32.0 Å². The molecule has 3 aromatic rings. The van der Waals surface area contributed by atoms with E-state index in [4.69, 9.17) is 9.73 Å². The van der Waals surface area contributed by atoms with Crippen molar-refractivity contribution in [2.45, 2.75) is 79.4 Å². The van der Waals surface area contributed by atoms with E-state index in [0.29, 0.717) is 5.82 Å². The third-order valence-electron chi connectivity index (χ3n) is 5.79. The molecule has 1 aliphatic heterocycles. The molecule has 0 radical (unpaired) electrons. The first-order chi connectivity index (χ1) is 16.6. The molecule has 4 rings (SSSR count). The highest BCUT2D eigenvalue weighted by molar-refractivity contribution is 7.15. The zero-order valence-electron chi connectivity index (χ0n) is 21.5. The maximum atomic E-state index is 12.8. The second-order valence-electron chi connectivity index (χ2n) is 9.82. The standard InChI is InChI=1S/C28H32N4O2S/c1-8-9-10-11-20-12-14-21(15-13-20)25-24-17(2)18(3)35-27(24)32-19(4)30-31-26(32)22(29-25)16-23(33)34-28(5,6)7/h12-15,22H,8-9,16H2,1-7H3/t22-/m0/s1. The Morgan fingerprint density at radius 3 is 2.51 bits per heavy atom.